The number of carboxylic acid groups (broad SMARTS) is 1. The second-order valence-corrected chi connectivity index (χ2v) is 7.96. The van der Waals surface area contributed by atoms with Gasteiger partial charge in [-0.05, 0) is 71.4 Å². The smallest absolute Gasteiger partial charge is 0.328 e. The van der Waals surface area contributed by atoms with E-state index in [1.807, 2.05) is 13.0 Å². The summed E-state index contributed by atoms with van der Waals surface area (Å²) in [5, 5.41) is 10.2. The van der Waals surface area contributed by atoms with Gasteiger partial charge in [0.25, 0.3) is 0 Å². The van der Waals surface area contributed by atoms with Crippen molar-refractivity contribution in [3.63, 3.8) is 0 Å². The molecule has 5 rings (SSSR count). The molecule has 148 valence electrons. The van der Waals surface area contributed by atoms with Crippen LogP contribution in [0.15, 0.2) is 85.1 Å². The van der Waals surface area contributed by atoms with Gasteiger partial charge in [0.2, 0.25) is 0 Å². The van der Waals surface area contributed by atoms with Crippen molar-refractivity contribution < 1.29 is 9.90 Å². The van der Waals surface area contributed by atoms with Crippen LogP contribution in [0.5, 0.6) is 0 Å². The third-order valence-electron chi connectivity index (χ3n) is 6.16. The summed E-state index contributed by atoms with van der Waals surface area (Å²) in [4.78, 5) is 11.0. The van der Waals surface area contributed by atoms with Crippen LogP contribution in [0, 0.1) is 0 Å². The number of carboxylic acids is 1. The Morgan fingerprint density at radius 3 is 2.20 bits per heavy atom. The highest BCUT2D eigenvalue weighted by molar-refractivity contribution is 5.92. The van der Waals surface area contributed by atoms with Gasteiger partial charge in [-0.2, -0.15) is 0 Å². The van der Waals surface area contributed by atoms with Crippen molar-refractivity contribution in [3.05, 3.63) is 113 Å². The van der Waals surface area contributed by atoms with Crippen molar-refractivity contribution in [2.24, 2.45) is 0 Å². The molecular formula is C27H23NO2. The van der Waals surface area contributed by atoms with Crippen molar-refractivity contribution in [1.82, 2.24) is 4.57 Å². The minimum atomic E-state index is -0.920. The summed E-state index contributed by atoms with van der Waals surface area (Å²) in [7, 11) is 0. The molecule has 0 spiro atoms. The summed E-state index contributed by atoms with van der Waals surface area (Å²) in [5.41, 5.74) is 8.34. The first kappa shape index (κ1) is 18.4. The molecule has 3 nitrogen and oxygen atoms in total. The van der Waals surface area contributed by atoms with E-state index in [-0.39, 0.29) is 6.04 Å². The van der Waals surface area contributed by atoms with Crippen LogP contribution >= 0.6 is 0 Å². The molecule has 0 aliphatic heterocycles. The van der Waals surface area contributed by atoms with Crippen LogP contribution in [0.25, 0.3) is 16.5 Å². The van der Waals surface area contributed by atoms with Gasteiger partial charge in [-0.25, -0.2) is 4.79 Å². The highest BCUT2D eigenvalue weighted by Crippen LogP contribution is 2.38. The van der Waals surface area contributed by atoms with E-state index in [1.54, 1.807) is 0 Å². The van der Waals surface area contributed by atoms with E-state index in [9.17, 15) is 4.79 Å². The Kier molecular flexibility index (Phi) is 4.51. The highest BCUT2D eigenvalue weighted by atomic mass is 16.4. The fraction of sp³-hybridized carbons (Fsp3) is 0.148. The number of hydrogen-bond acceptors (Lipinski definition) is 1. The van der Waals surface area contributed by atoms with E-state index in [2.05, 4.69) is 77.5 Å². The number of rotatable bonds is 3. The first-order chi connectivity index (χ1) is 14.6. The number of nitrogens with zero attached hydrogens (tertiary/aromatic N) is 1. The molecule has 0 unspecified atom stereocenters. The Labute approximate surface area is 175 Å². The molecule has 3 aromatic carbocycles. The lowest BCUT2D eigenvalue weighted by Crippen LogP contribution is -2.13. The summed E-state index contributed by atoms with van der Waals surface area (Å²) in [6.07, 6.45) is 5.52. The van der Waals surface area contributed by atoms with E-state index < -0.39 is 5.97 Å². The van der Waals surface area contributed by atoms with E-state index in [1.165, 1.54) is 28.3 Å². The number of fused-ring (bicyclic) bond motifs is 3. The number of benzene rings is 3. The van der Waals surface area contributed by atoms with Crippen LogP contribution in [0.4, 0.5) is 0 Å². The molecule has 0 saturated heterocycles. The zero-order valence-electron chi connectivity index (χ0n) is 16.9. The molecular weight excluding hydrogens is 370 g/mol. The first-order valence-corrected chi connectivity index (χ1v) is 10.3. The van der Waals surface area contributed by atoms with E-state index in [0.717, 1.165) is 34.9 Å². The van der Waals surface area contributed by atoms with Gasteiger partial charge in [-0.15, -0.1) is 0 Å². The number of hydrogen-bond donors (Lipinski definition) is 1. The molecule has 0 saturated carbocycles. The highest BCUT2D eigenvalue weighted by Gasteiger charge is 2.25. The molecule has 0 fully saturated rings. The number of aliphatic carboxylic acids is 1. The lowest BCUT2D eigenvalue weighted by Gasteiger charge is -2.23. The molecule has 1 aliphatic rings. The van der Waals surface area contributed by atoms with Gasteiger partial charge in [-0.3, -0.25) is 0 Å². The van der Waals surface area contributed by atoms with Gasteiger partial charge in [0.15, 0.2) is 0 Å². The van der Waals surface area contributed by atoms with Crippen molar-refractivity contribution in [3.8, 4) is 0 Å². The van der Waals surface area contributed by atoms with Gasteiger partial charge < -0.3 is 9.67 Å². The molecule has 4 aromatic rings. The van der Waals surface area contributed by atoms with Crippen molar-refractivity contribution >= 4 is 22.4 Å². The Morgan fingerprint density at radius 2 is 1.57 bits per heavy atom. The van der Waals surface area contributed by atoms with Gasteiger partial charge in [0, 0.05) is 23.2 Å². The summed E-state index contributed by atoms with van der Waals surface area (Å²) in [6, 6.07) is 26.0. The number of aryl methyl sites for hydroxylation is 2. The average Bonchev–Trinajstić information content (AvgIpc) is 3.09. The maximum Gasteiger partial charge on any atom is 0.328 e. The fourth-order valence-electron chi connectivity index (χ4n) is 4.70. The third kappa shape index (κ3) is 3.13. The number of allylic oxidation sites excluding steroid dienone is 1. The molecule has 1 aliphatic carbocycles. The minimum Gasteiger partial charge on any atom is -0.478 e. The maximum atomic E-state index is 11.0. The predicted molar refractivity (Wildman–Crippen MR) is 121 cm³/mol. The first-order valence-electron chi connectivity index (χ1n) is 10.3. The van der Waals surface area contributed by atoms with Gasteiger partial charge in [0.1, 0.15) is 0 Å². The topological polar surface area (TPSA) is 42.2 Å². The zero-order chi connectivity index (χ0) is 20.7. The third-order valence-corrected chi connectivity index (χ3v) is 6.16. The number of carbonyl (C=O) groups is 1. The van der Waals surface area contributed by atoms with Crippen molar-refractivity contribution in [1.29, 1.82) is 0 Å². The van der Waals surface area contributed by atoms with Crippen molar-refractivity contribution in [2.75, 3.05) is 0 Å². The Morgan fingerprint density at radius 1 is 0.933 bits per heavy atom. The number of aromatic nitrogens is 1. The standard InChI is InChI=1S/C27H23NO2/c1-18(16-26(29)30)21-12-13-25-22(17-21)14-15-28(25)27-23-8-4-2-6-19(23)10-11-20-7-3-5-9-24(20)27/h2-9,12-17,27H,10-11H2,1H3,(H,29,30)/b18-16+. The summed E-state index contributed by atoms with van der Waals surface area (Å²) < 4.78 is 2.36. The Bertz CT molecular complexity index is 1250. The molecule has 0 radical (unpaired) electrons. The molecule has 30 heavy (non-hydrogen) atoms. The SMILES string of the molecule is C/C(=C\C(=O)O)c1ccc2c(ccn2C2c3ccccc3CCc3ccccc32)c1. The van der Waals surface area contributed by atoms with E-state index in [0.29, 0.717) is 0 Å². The lowest BCUT2D eigenvalue weighted by atomic mass is 9.94. The van der Waals surface area contributed by atoms with Crippen LogP contribution in [-0.2, 0) is 17.6 Å². The minimum absolute atomic E-state index is 0.124. The second-order valence-electron chi connectivity index (χ2n) is 7.96. The van der Waals surface area contributed by atoms with Crippen LogP contribution in [0.3, 0.4) is 0 Å². The molecule has 1 N–H and O–H groups in total. The molecule has 0 amide bonds. The molecule has 0 atom stereocenters. The molecule has 0 bridgehead atoms. The summed E-state index contributed by atoms with van der Waals surface area (Å²) in [6.45, 7) is 1.84. The summed E-state index contributed by atoms with van der Waals surface area (Å²) >= 11 is 0. The van der Waals surface area contributed by atoms with E-state index in [4.69, 9.17) is 5.11 Å². The Balaban J connectivity index is 1.70. The zero-order valence-corrected chi connectivity index (χ0v) is 16.9. The van der Waals surface area contributed by atoms with Gasteiger partial charge in [-0.1, -0.05) is 54.6 Å². The lowest BCUT2D eigenvalue weighted by molar-refractivity contribution is -0.131. The molecule has 3 heteroatoms. The van der Waals surface area contributed by atoms with Crippen LogP contribution in [0.2, 0.25) is 0 Å². The summed E-state index contributed by atoms with van der Waals surface area (Å²) in [5.74, 6) is -0.920. The van der Waals surface area contributed by atoms with E-state index >= 15 is 0 Å². The largest absolute Gasteiger partial charge is 0.478 e. The van der Waals surface area contributed by atoms with Gasteiger partial charge >= 0.3 is 5.97 Å². The monoisotopic (exact) mass is 393 g/mol. The van der Waals surface area contributed by atoms with Crippen LogP contribution < -0.4 is 0 Å². The molecule has 1 heterocycles. The quantitative estimate of drug-likeness (QED) is 0.443. The van der Waals surface area contributed by atoms with Crippen LogP contribution in [-0.4, -0.2) is 15.6 Å². The predicted octanol–water partition coefficient (Wildman–Crippen LogP) is 5.87. The second kappa shape index (κ2) is 7.34. The molecule has 1 aromatic heterocycles. The van der Waals surface area contributed by atoms with Crippen molar-refractivity contribution in [2.45, 2.75) is 25.8 Å². The normalized spacial score (nSPS) is 14.2. The van der Waals surface area contributed by atoms with Crippen LogP contribution in [0.1, 0.15) is 40.8 Å². The average molecular weight is 393 g/mol. The maximum absolute atomic E-state index is 11.0. The fourth-order valence-corrected chi connectivity index (χ4v) is 4.70. The van der Waals surface area contributed by atoms with Gasteiger partial charge in [0.05, 0.1) is 6.04 Å². The Hall–Kier alpha value is -3.59.